The minimum atomic E-state index is -0.229. The van der Waals surface area contributed by atoms with Gasteiger partial charge in [0, 0.05) is 17.4 Å². The van der Waals surface area contributed by atoms with E-state index in [-0.39, 0.29) is 23.0 Å². The third-order valence-corrected chi connectivity index (χ3v) is 13.0. The molecule has 4 saturated carbocycles. The van der Waals surface area contributed by atoms with Gasteiger partial charge in [0.2, 0.25) is 0 Å². The first-order valence-corrected chi connectivity index (χ1v) is 16.5. The number of hydrogen-bond acceptors (Lipinski definition) is 4. The molecule has 7 rings (SSSR count). The van der Waals surface area contributed by atoms with Gasteiger partial charge in [-0.25, -0.2) is 9.97 Å². The zero-order chi connectivity index (χ0) is 28.4. The standard InChI is InChI=1S/C37H48N2O2/c1-23(13-18-34-38-32-12-8-7-11-28(32)35(39-34)24-9-5-4-6-10-24)29-16-17-30-27-15-14-25-21-26(40)19-20-36(25,2)31(27)22-33(41)37(29,30)3/h4-12,23,25-27,29-31,33,40-41H,13-22H2,1-3H3/t23-,25-,26-,27+,29-,30+,31?,33+,36+,37-/m1/s1. The molecule has 0 amide bonds. The molecule has 4 aliphatic carbocycles. The van der Waals surface area contributed by atoms with Crippen LogP contribution >= 0.6 is 0 Å². The zero-order valence-electron chi connectivity index (χ0n) is 25.2. The Bertz CT molecular complexity index is 1390. The van der Waals surface area contributed by atoms with E-state index in [1.165, 1.54) is 25.7 Å². The van der Waals surface area contributed by atoms with Crippen LogP contribution in [0.2, 0.25) is 0 Å². The summed E-state index contributed by atoms with van der Waals surface area (Å²) in [6.07, 6.45) is 10.6. The normalized spacial score (nSPS) is 39.1. The molecule has 0 spiro atoms. The van der Waals surface area contributed by atoms with Crippen molar-refractivity contribution in [3.63, 3.8) is 0 Å². The Morgan fingerprint density at radius 1 is 0.854 bits per heavy atom. The van der Waals surface area contributed by atoms with E-state index in [1.807, 2.05) is 0 Å². The minimum absolute atomic E-state index is 0.00258. The fourth-order valence-corrected chi connectivity index (χ4v) is 10.8. The highest BCUT2D eigenvalue weighted by Crippen LogP contribution is 2.68. The van der Waals surface area contributed by atoms with Crippen LogP contribution < -0.4 is 0 Å². The van der Waals surface area contributed by atoms with Crippen LogP contribution in [-0.4, -0.2) is 32.4 Å². The number of nitrogens with zero attached hydrogens (tertiary/aromatic N) is 2. The Morgan fingerprint density at radius 2 is 1.63 bits per heavy atom. The zero-order valence-corrected chi connectivity index (χ0v) is 25.2. The number of aliphatic hydroxyl groups is 2. The van der Waals surface area contributed by atoms with Gasteiger partial charge in [-0.1, -0.05) is 69.3 Å². The van der Waals surface area contributed by atoms with E-state index in [1.54, 1.807) is 0 Å². The topological polar surface area (TPSA) is 66.2 Å². The number of rotatable bonds is 5. The molecule has 4 heteroatoms. The van der Waals surface area contributed by atoms with E-state index >= 15 is 0 Å². The van der Waals surface area contributed by atoms with E-state index in [4.69, 9.17) is 9.97 Å². The predicted octanol–water partition coefficient (Wildman–Crippen LogP) is 7.86. The molecule has 0 radical (unpaired) electrons. The Kier molecular flexibility index (Phi) is 7.02. The molecular formula is C37H48N2O2. The monoisotopic (exact) mass is 552 g/mol. The second-order valence-electron chi connectivity index (χ2n) is 14.8. The van der Waals surface area contributed by atoms with E-state index in [0.29, 0.717) is 29.6 Å². The molecule has 10 atom stereocenters. The van der Waals surface area contributed by atoms with Crippen molar-refractivity contribution >= 4 is 10.9 Å². The van der Waals surface area contributed by atoms with Crippen molar-refractivity contribution in [1.29, 1.82) is 0 Å². The lowest BCUT2D eigenvalue weighted by Crippen LogP contribution is -2.58. The fourth-order valence-electron chi connectivity index (χ4n) is 10.8. The van der Waals surface area contributed by atoms with Gasteiger partial charge >= 0.3 is 0 Å². The van der Waals surface area contributed by atoms with E-state index in [0.717, 1.165) is 72.4 Å². The summed E-state index contributed by atoms with van der Waals surface area (Å²) in [6, 6.07) is 18.9. The fraction of sp³-hybridized carbons (Fsp3) is 0.622. The molecule has 4 nitrogen and oxygen atoms in total. The molecule has 4 fully saturated rings. The summed E-state index contributed by atoms with van der Waals surface area (Å²) < 4.78 is 0. The number of benzene rings is 2. The number of hydrogen-bond donors (Lipinski definition) is 2. The second kappa shape index (κ2) is 10.5. The van der Waals surface area contributed by atoms with Crippen molar-refractivity contribution in [2.24, 2.45) is 46.3 Å². The van der Waals surface area contributed by atoms with Crippen molar-refractivity contribution < 1.29 is 10.2 Å². The van der Waals surface area contributed by atoms with E-state index in [2.05, 4.69) is 75.4 Å². The molecule has 1 aromatic heterocycles. The summed E-state index contributed by atoms with van der Waals surface area (Å²) in [5, 5.41) is 23.5. The SMILES string of the molecule is C[C@H](CCc1nc(-c2ccccc2)c2ccccc2n1)[C@H]1CC[C@H]2[C@@H]3CC[C@@H]4C[C@H](O)CC[C@]4(C)C3C[C@H](O)[C@]12C. The molecule has 0 saturated heterocycles. The van der Waals surface area contributed by atoms with Gasteiger partial charge in [-0.15, -0.1) is 0 Å². The Labute approximate surface area is 246 Å². The maximum absolute atomic E-state index is 11.9. The first-order chi connectivity index (χ1) is 19.8. The lowest BCUT2D eigenvalue weighted by Gasteiger charge is -2.62. The van der Waals surface area contributed by atoms with Gasteiger partial charge in [0.15, 0.2) is 0 Å². The van der Waals surface area contributed by atoms with Crippen LogP contribution in [0.15, 0.2) is 54.6 Å². The van der Waals surface area contributed by atoms with Crippen molar-refractivity contribution in [2.45, 2.75) is 97.2 Å². The average molecular weight is 553 g/mol. The molecule has 4 aliphatic rings. The Morgan fingerprint density at radius 3 is 2.46 bits per heavy atom. The lowest BCUT2D eigenvalue weighted by atomic mass is 9.43. The maximum Gasteiger partial charge on any atom is 0.129 e. The van der Waals surface area contributed by atoms with Crippen LogP contribution in [0.3, 0.4) is 0 Å². The molecular weight excluding hydrogens is 504 g/mol. The Hall–Kier alpha value is -2.30. The van der Waals surface area contributed by atoms with Crippen LogP contribution in [0.1, 0.15) is 84.4 Å². The first-order valence-electron chi connectivity index (χ1n) is 16.5. The van der Waals surface area contributed by atoms with Gasteiger partial charge in [-0.3, -0.25) is 0 Å². The summed E-state index contributed by atoms with van der Waals surface area (Å²) in [6.45, 7) is 7.39. The highest BCUT2D eigenvalue weighted by Gasteiger charge is 2.63. The van der Waals surface area contributed by atoms with Crippen LogP contribution in [-0.2, 0) is 6.42 Å². The van der Waals surface area contributed by atoms with E-state index in [9.17, 15) is 10.2 Å². The van der Waals surface area contributed by atoms with Crippen molar-refractivity contribution in [3.05, 3.63) is 60.4 Å². The van der Waals surface area contributed by atoms with Gasteiger partial charge in [-0.2, -0.15) is 0 Å². The molecule has 41 heavy (non-hydrogen) atoms. The first kappa shape index (κ1) is 27.5. The van der Waals surface area contributed by atoms with Gasteiger partial charge in [0.1, 0.15) is 5.82 Å². The number of fused-ring (bicyclic) bond motifs is 6. The van der Waals surface area contributed by atoms with Gasteiger partial charge in [-0.05, 0) is 110 Å². The predicted molar refractivity (Wildman–Crippen MR) is 165 cm³/mol. The van der Waals surface area contributed by atoms with Crippen LogP contribution in [0, 0.1) is 46.3 Å². The van der Waals surface area contributed by atoms with Crippen molar-refractivity contribution in [3.8, 4) is 11.3 Å². The summed E-state index contributed by atoms with van der Waals surface area (Å²) in [4.78, 5) is 10.1. The molecule has 3 aromatic rings. The van der Waals surface area contributed by atoms with Crippen molar-refractivity contribution in [2.75, 3.05) is 0 Å². The molecule has 0 bridgehead atoms. The highest BCUT2D eigenvalue weighted by atomic mass is 16.3. The van der Waals surface area contributed by atoms with Gasteiger partial charge in [0.25, 0.3) is 0 Å². The lowest BCUT2D eigenvalue weighted by molar-refractivity contribution is -0.174. The third kappa shape index (κ3) is 4.47. The largest absolute Gasteiger partial charge is 0.393 e. The number of aromatic nitrogens is 2. The number of aliphatic hydroxyl groups excluding tert-OH is 2. The molecule has 2 aromatic carbocycles. The molecule has 218 valence electrons. The second-order valence-corrected chi connectivity index (χ2v) is 14.8. The van der Waals surface area contributed by atoms with E-state index < -0.39 is 0 Å². The average Bonchev–Trinajstić information content (AvgIpc) is 3.35. The smallest absolute Gasteiger partial charge is 0.129 e. The highest BCUT2D eigenvalue weighted by molar-refractivity contribution is 5.92. The molecule has 0 aliphatic heterocycles. The summed E-state index contributed by atoms with van der Waals surface area (Å²) in [5.74, 6) is 4.58. The van der Waals surface area contributed by atoms with Gasteiger partial charge < -0.3 is 10.2 Å². The van der Waals surface area contributed by atoms with Crippen LogP contribution in [0.4, 0.5) is 0 Å². The summed E-state index contributed by atoms with van der Waals surface area (Å²) >= 11 is 0. The summed E-state index contributed by atoms with van der Waals surface area (Å²) in [5.41, 5.74) is 3.47. The summed E-state index contributed by atoms with van der Waals surface area (Å²) in [7, 11) is 0. The molecule has 2 N–H and O–H groups in total. The third-order valence-electron chi connectivity index (χ3n) is 13.0. The molecule has 1 unspecified atom stereocenters. The van der Waals surface area contributed by atoms with Crippen LogP contribution in [0.5, 0.6) is 0 Å². The number of para-hydroxylation sites is 1. The van der Waals surface area contributed by atoms with Crippen LogP contribution in [0.25, 0.3) is 22.2 Å². The minimum Gasteiger partial charge on any atom is -0.393 e. The quantitative estimate of drug-likeness (QED) is 0.338. The van der Waals surface area contributed by atoms with Crippen molar-refractivity contribution in [1.82, 2.24) is 9.97 Å². The molecule has 1 heterocycles. The Balaban J connectivity index is 1.10. The van der Waals surface area contributed by atoms with Gasteiger partial charge in [0.05, 0.1) is 23.4 Å². The number of aryl methyl sites for hydroxylation is 1. The maximum atomic E-state index is 11.9.